The molecule has 1 aliphatic rings. The lowest BCUT2D eigenvalue weighted by Crippen LogP contribution is -2.18. The second kappa shape index (κ2) is 5.54. The number of aromatic nitrogens is 1. The molecule has 0 spiro atoms. The second-order valence-electron chi connectivity index (χ2n) is 5.07. The van der Waals surface area contributed by atoms with Crippen molar-refractivity contribution < 1.29 is 14.6 Å². The van der Waals surface area contributed by atoms with E-state index in [-0.39, 0.29) is 5.91 Å². The van der Waals surface area contributed by atoms with Crippen molar-refractivity contribution in [2.75, 3.05) is 5.32 Å². The molecule has 0 saturated carbocycles. The summed E-state index contributed by atoms with van der Waals surface area (Å²) in [5, 5.41) is 12.4. The van der Waals surface area contributed by atoms with Crippen molar-refractivity contribution in [3.8, 4) is 11.6 Å². The molecule has 5 heteroatoms. The first-order valence-corrected chi connectivity index (χ1v) is 6.86. The summed E-state index contributed by atoms with van der Waals surface area (Å²) in [5.41, 5.74) is 2.65. The van der Waals surface area contributed by atoms with Gasteiger partial charge in [-0.15, -0.1) is 0 Å². The highest BCUT2D eigenvalue weighted by molar-refractivity contribution is 5.94. The minimum Gasteiger partial charge on any atom is -0.439 e. The van der Waals surface area contributed by atoms with Crippen LogP contribution in [0.4, 0.5) is 5.69 Å². The van der Waals surface area contributed by atoms with Crippen molar-refractivity contribution in [3.63, 3.8) is 0 Å². The molecule has 0 unspecified atom stereocenters. The van der Waals surface area contributed by atoms with Gasteiger partial charge in [0.05, 0.1) is 6.10 Å². The molecule has 2 heterocycles. The lowest BCUT2D eigenvalue weighted by molar-refractivity contribution is -0.116. The summed E-state index contributed by atoms with van der Waals surface area (Å²) < 4.78 is 5.73. The highest BCUT2D eigenvalue weighted by Crippen LogP contribution is 2.29. The number of carbonyl (C=O) groups is 1. The molecule has 5 nitrogen and oxygen atoms in total. The number of benzene rings is 1. The normalized spacial score (nSPS) is 15.0. The summed E-state index contributed by atoms with van der Waals surface area (Å²) in [4.78, 5) is 15.5. The predicted molar refractivity (Wildman–Crippen MR) is 78.3 cm³/mol. The fraction of sp³-hybridized carbons (Fsp3) is 0.250. The lowest BCUT2D eigenvalue weighted by Gasteiger charge is -2.17. The van der Waals surface area contributed by atoms with Gasteiger partial charge >= 0.3 is 0 Å². The summed E-state index contributed by atoms with van der Waals surface area (Å²) in [7, 11) is 0. The molecule has 0 aliphatic carbocycles. The van der Waals surface area contributed by atoms with E-state index < -0.39 is 6.10 Å². The Morgan fingerprint density at radius 3 is 2.95 bits per heavy atom. The van der Waals surface area contributed by atoms with Crippen LogP contribution in [0.3, 0.4) is 0 Å². The zero-order valence-corrected chi connectivity index (χ0v) is 11.7. The highest BCUT2D eigenvalue weighted by Gasteiger charge is 2.15. The average Bonchev–Trinajstić information content (AvgIpc) is 2.48. The number of pyridine rings is 1. The number of rotatable bonds is 3. The first-order chi connectivity index (χ1) is 10.1. The molecular weight excluding hydrogens is 268 g/mol. The van der Waals surface area contributed by atoms with Gasteiger partial charge in [0.2, 0.25) is 11.8 Å². The third kappa shape index (κ3) is 3.03. The van der Waals surface area contributed by atoms with Gasteiger partial charge in [0.15, 0.2) is 0 Å². The van der Waals surface area contributed by atoms with Crippen molar-refractivity contribution >= 4 is 11.6 Å². The van der Waals surface area contributed by atoms with Crippen LogP contribution in [0.2, 0.25) is 0 Å². The number of hydrogen-bond acceptors (Lipinski definition) is 4. The zero-order valence-electron chi connectivity index (χ0n) is 11.7. The molecule has 1 aromatic heterocycles. The number of nitrogens with one attached hydrogen (secondary N) is 1. The van der Waals surface area contributed by atoms with E-state index in [4.69, 9.17) is 4.74 Å². The van der Waals surface area contributed by atoms with E-state index in [1.165, 1.54) is 0 Å². The van der Waals surface area contributed by atoms with E-state index in [0.717, 1.165) is 16.8 Å². The Morgan fingerprint density at radius 1 is 1.29 bits per heavy atom. The fourth-order valence-corrected chi connectivity index (χ4v) is 2.28. The summed E-state index contributed by atoms with van der Waals surface area (Å²) in [5.74, 6) is 1.15. The Balaban J connectivity index is 1.82. The molecule has 1 amide bonds. The predicted octanol–water partition coefficient (Wildman–Crippen LogP) is 2.81. The maximum atomic E-state index is 11.3. The van der Waals surface area contributed by atoms with Gasteiger partial charge in [0.1, 0.15) is 5.75 Å². The number of ether oxygens (including phenoxy) is 1. The third-order valence-corrected chi connectivity index (χ3v) is 3.44. The van der Waals surface area contributed by atoms with Gasteiger partial charge in [-0.2, -0.15) is 0 Å². The highest BCUT2D eigenvalue weighted by atomic mass is 16.5. The van der Waals surface area contributed by atoms with Gasteiger partial charge in [-0.1, -0.05) is 0 Å². The van der Waals surface area contributed by atoms with Crippen LogP contribution in [-0.2, 0) is 11.2 Å². The largest absolute Gasteiger partial charge is 0.439 e. The molecule has 0 bridgehead atoms. The standard InChI is InChI=1S/C16H16N2O3/c1-10(19)11-6-7-17-16(9-11)21-13-3-4-14-12(8-13)2-5-15(20)18-14/h3-4,6-10,19H,2,5H2,1H3,(H,18,20)/t10-/m0/s1. The SMILES string of the molecule is C[C@H](O)c1ccnc(Oc2ccc3c(c2)CCC(=O)N3)c1. The Hall–Kier alpha value is -2.40. The Bertz CT molecular complexity index is 683. The smallest absolute Gasteiger partial charge is 0.224 e. The van der Waals surface area contributed by atoms with Gasteiger partial charge in [-0.05, 0) is 48.7 Å². The minimum atomic E-state index is -0.561. The molecule has 108 valence electrons. The fourth-order valence-electron chi connectivity index (χ4n) is 2.28. The molecule has 2 aromatic rings. The number of aliphatic hydroxyl groups excluding tert-OH is 1. The molecule has 2 N–H and O–H groups in total. The van der Waals surface area contributed by atoms with Crippen LogP contribution in [0.5, 0.6) is 11.6 Å². The first-order valence-electron chi connectivity index (χ1n) is 6.86. The molecular formula is C16H16N2O3. The number of amides is 1. The van der Waals surface area contributed by atoms with E-state index in [1.54, 1.807) is 31.3 Å². The van der Waals surface area contributed by atoms with Gasteiger partial charge in [0, 0.05) is 24.4 Å². The number of anilines is 1. The minimum absolute atomic E-state index is 0.0440. The molecule has 21 heavy (non-hydrogen) atoms. The van der Waals surface area contributed by atoms with Crippen molar-refractivity contribution in [1.29, 1.82) is 0 Å². The Labute approximate surface area is 122 Å². The van der Waals surface area contributed by atoms with Crippen LogP contribution in [0.15, 0.2) is 36.5 Å². The molecule has 0 radical (unpaired) electrons. The van der Waals surface area contributed by atoms with Crippen molar-refractivity contribution in [2.24, 2.45) is 0 Å². The lowest BCUT2D eigenvalue weighted by atomic mass is 10.0. The van der Waals surface area contributed by atoms with E-state index in [9.17, 15) is 9.90 Å². The zero-order chi connectivity index (χ0) is 14.8. The quantitative estimate of drug-likeness (QED) is 0.909. The van der Waals surface area contributed by atoms with Gasteiger partial charge in [-0.25, -0.2) is 4.98 Å². The molecule has 1 atom stereocenters. The molecule has 1 aliphatic heterocycles. The third-order valence-electron chi connectivity index (χ3n) is 3.44. The van der Waals surface area contributed by atoms with Crippen molar-refractivity contribution in [3.05, 3.63) is 47.7 Å². The first kappa shape index (κ1) is 13.6. The molecule has 0 fully saturated rings. The van der Waals surface area contributed by atoms with Gasteiger partial charge in [-0.3, -0.25) is 4.79 Å². The average molecular weight is 284 g/mol. The number of aliphatic hydroxyl groups is 1. The Kier molecular flexibility index (Phi) is 3.58. The second-order valence-corrected chi connectivity index (χ2v) is 5.07. The number of carbonyl (C=O) groups excluding carboxylic acids is 1. The number of hydrogen-bond donors (Lipinski definition) is 2. The van der Waals surface area contributed by atoms with Crippen molar-refractivity contribution in [2.45, 2.75) is 25.9 Å². The van der Waals surface area contributed by atoms with E-state index in [1.807, 2.05) is 12.1 Å². The summed E-state index contributed by atoms with van der Waals surface area (Å²) in [6, 6.07) is 9.00. The van der Waals surface area contributed by atoms with Crippen LogP contribution >= 0.6 is 0 Å². The monoisotopic (exact) mass is 284 g/mol. The number of aryl methyl sites for hydroxylation is 1. The van der Waals surface area contributed by atoms with Gasteiger partial charge < -0.3 is 15.2 Å². The molecule has 3 rings (SSSR count). The van der Waals surface area contributed by atoms with Crippen LogP contribution in [-0.4, -0.2) is 16.0 Å². The summed E-state index contributed by atoms with van der Waals surface area (Å²) in [6.07, 6.45) is 2.25. The summed E-state index contributed by atoms with van der Waals surface area (Å²) in [6.45, 7) is 1.70. The summed E-state index contributed by atoms with van der Waals surface area (Å²) >= 11 is 0. The maximum Gasteiger partial charge on any atom is 0.224 e. The van der Waals surface area contributed by atoms with E-state index in [0.29, 0.717) is 24.5 Å². The Morgan fingerprint density at radius 2 is 2.14 bits per heavy atom. The molecule has 1 aromatic carbocycles. The van der Waals surface area contributed by atoms with Crippen LogP contribution in [0.25, 0.3) is 0 Å². The maximum absolute atomic E-state index is 11.3. The number of fused-ring (bicyclic) bond motifs is 1. The number of nitrogens with zero attached hydrogens (tertiary/aromatic N) is 1. The van der Waals surface area contributed by atoms with E-state index >= 15 is 0 Å². The van der Waals surface area contributed by atoms with Gasteiger partial charge in [0.25, 0.3) is 0 Å². The van der Waals surface area contributed by atoms with Crippen LogP contribution in [0.1, 0.15) is 30.6 Å². The van der Waals surface area contributed by atoms with Crippen LogP contribution in [0, 0.1) is 0 Å². The van der Waals surface area contributed by atoms with Crippen molar-refractivity contribution in [1.82, 2.24) is 4.98 Å². The molecule has 0 saturated heterocycles. The van der Waals surface area contributed by atoms with E-state index in [2.05, 4.69) is 10.3 Å². The topological polar surface area (TPSA) is 71.5 Å². The van der Waals surface area contributed by atoms with Crippen LogP contribution < -0.4 is 10.1 Å².